The van der Waals surface area contributed by atoms with Crippen molar-refractivity contribution in [3.05, 3.63) is 11.5 Å². The quantitative estimate of drug-likeness (QED) is 0.551. The first-order chi connectivity index (χ1) is 9.15. The molecule has 1 aliphatic heterocycles. The lowest BCUT2D eigenvalue weighted by atomic mass is 10.1. The van der Waals surface area contributed by atoms with Gasteiger partial charge in [0.25, 0.3) is 0 Å². The Morgan fingerprint density at radius 2 is 1.95 bits per heavy atom. The summed E-state index contributed by atoms with van der Waals surface area (Å²) in [7, 11) is 0. The fourth-order valence-corrected chi connectivity index (χ4v) is 2.83. The third-order valence-electron chi connectivity index (χ3n) is 3.23. The number of alkyl halides is 1. The number of aromatic nitrogens is 2. The molecule has 1 aromatic rings. The number of halogens is 1. The predicted molar refractivity (Wildman–Crippen MR) is 82.4 cm³/mol. The van der Waals surface area contributed by atoms with Crippen LogP contribution in [-0.4, -0.2) is 16.0 Å². The minimum atomic E-state index is 0.0422. The molecule has 0 spiro atoms. The van der Waals surface area contributed by atoms with Crippen molar-refractivity contribution in [3.8, 4) is 0 Å². The largest absolute Gasteiger partial charge is 0.365 e. The van der Waals surface area contributed by atoms with E-state index in [4.69, 9.17) is 0 Å². The van der Waals surface area contributed by atoms with Crippen molar-refractivity contribution in [1.29, 1.82) is 0 Å². The number of rotatable bonds is 6. The molecule has 3 N–H and O–H groups in total. The number of hydrogen-bond acceptors (Lipinski definition) is 5. The van der Waals surface area contributed by atoms with E-state index in [1.54, 1.807) is 0 Å². The molecular weight excluding hydrogens is 306 g/mol. The van der Waals surface area contributed by atoms with E-state index in [2.05, 4.69) is 55.9 Å². The van der Waals surface area contributed by atoms with Crippen LogP contribution in [0.15, 0.2) is 0 Å². The van der Waals surface area contributed by atoms with E-state index in [0.29, 0.717) is 6.04 Å². The van der Waals surface area contributed by atoms with Gasteiger partial charge in [-0.2, -0.15) is 0 Å². The topological polar surface area (TPSA) is 61.9 Å². The van der Waals surface area contributed by atoms with Crippen LogP contribution in [0.4, 0.5) is 11.5 Å². The van der Waals surface area contributed by atoms with Gasteiger partial charge in [-0.3, -0.25) is 0 Å². The Balaban J connectivity index is 2.22. The van der Waals surface area contributed by atoms with Gasteiger partial charge < -0.3 is 10.7 Å². The van der Waals surface area contributed by atoms with E-state index in [1.807, 2.05) is 6.92 Å². The number of aryl methyl sites for hydroxylation is 1. The zero-order valence-electron chi connectivity index (χ0n) is 11.8. The summed E-state index contributed by atoms with van der Waals surface area (Å²) in [5.74, 6) is 1.70. The Hall–Kier alpha value is -0.880. The average molecular weight is 328 g/mol. The molecule has 0 radical (unpaired) electrons. The van der Waals surface area contributed by atoms with E-state index < -0.39 is 0 Å². The van der Waals surface area contributed by atoms with Crippen LogP contribution in [0.1, 0.15) is 56.0 Å². The highest BCUT2D eigenvalue weighted by atomic mass is 79.9. The molecule has 1 atom stereocenters. The fourth-order valence-electron chi connectivity index (χ4n) is 2.39. The van der Waals surface area contributed by atoms with Crippen molar-refractivity contribution < 1.29 is 0 Å². The second-order valence-corrected chi connectivity index (χ2v) is 5.85. The summed E-state index contributed by atoms with van der Waals surface area (Å²) in [5.41, 5.74) is 8.20. The first-order valence-electron chi connectivity index (χ1n) is 6.96. The molecule has 6 heteroatoms. The van der Waals surface area contributed by atoms with Gasteiger partial charge in [0.1, 0.15) is 22.2 Å². The van der Waals surface area contributed by atoms with Gasteiger partial charge in [-0.15, -0.1) is 0 Å². The van der Waals surface area contributed by atoms with Crippen LogP contribution in [0.3, 0.4) is 0 Å². The summed E-state index contributed by atoms with van der Waals surface area (Å²) in [6.45, 7) is 6.36. The molecule has 0 aliphatic carbocycles. The molecule has 0 fully saturated rings. The van der Waals surface area contributed by atoms with Gasteiger partial charge in [0.2, 0.25) is 0 Å². The lowest BCUT2D eigenvalue weighted by Crippen LogP contribution is -2.21. The summed E-state index contributed by atoms with van der Waals surface area (Å²) in [6.07, 6.45) is 4.68. The Morgan fingerprint density at radius 3 is 2.58 bits per heavy atom. The standard InChI is InChI=1S/C13H22BrN5/c1-4-6-9(7-5-2)17-13-11-10(12(14)19-18-11)15-8(3)16-13/h9,12,18-19H,4-7H2,1-3H3,(H,15,16,17). The van der Waals surface area contributed by atoms with Crippen LogP contribution in [0.5, 0.6) is 0 Å². The maximum Gasteiger partial charge on any atom is 0.155 e. The SMILES string of the molecule is CCCC(CCC)Nc1nc(C)nc2c1NNC2Br. The van der Waals surface area contributed by atoms with E-state index >= 15 is 0 Å². The number of fused-ring (bicyclic) bond motifs is 1. The Bertz CT molecular complexity index is 431. The number of hydrazine groups is 1. The summed E-state index contributed by atoms with van der Waals surface area (Å²) in [4.78, 5) is 9.05. The van der Waals surface area contributed by atoms with Crippen molar-refractivity contribution in [1.82, 2.24) is 15.4 Å². The molecule has 0 aromatic carbocycles. The maximum atomic E-state index is 4.54. The molecule has 2 heterocycles. The van der Waals surface area contributed by atoms with Crippen molar-refractivity contribution >= 4 is 27.4 Å². The lowest BCUT2D eigenvalue weighted by Gasteiger charge is -2.19. The van der Waals surface area contributed by atoms with E-state index in [1.165, 1.54) is 12.8 Å². The smallest absolute Gasteiger partial charge is 0.155 e. The number of nitrogens with one attached hydrogen (secondary N) is 3. The normalized spacial score (nSPS) is 17.4. The highest BCUT2D eigenvalue weighted by Gasteiger charge is 2.26. The monoisotopic (exact) mass is 327 g/mol. The minimum absolute atomic E-state index is 0.0422. The predicted octanol–water partition coefficient (Wildman–Crippen LogP) is 3.49. The van der Waals surface area contributed by atoms with E-state index in [0.717, 1.165) is 35.9 Å². The van der Waals surface area contributed by atoms with Crippen LogP contribution in [0, 0.1) is 6.92 Å². The van der Waals surface area contributed by atoms with E-state index in [9.17, 15) is 0 Å². The molecule has 0 saturated carbocycles. The average Bonchev–Trinajstić information content (AvgIpc) is 2.72. The van der Waals surface area contributed by atoms with Gasteiger partial charge >= 0.3 is 0 Å². The number of anilines is 2. The zero-order valence-corrected chi connectivity index (χ0v) is 13.3. The first kappa shape index (κ1) is 14.5. The van der Waals surface area contributed by atoms with Crippen molar-refractivity contribution in [2.45, 2.75) is 57.4 Å². The molecule has 1 unspecified atom stereocenters. The lowest BCUT2D eigenvalue weighted by molar-refractivity contribution is 0.584. The van der Waals surface area contributed by atoms with Crippen molar-refractivity contribution in [3.63, 3.8) is 0 Å². The van der Waals surface area contributed by atoms with Crippen LogP contribution in [0.2, 0.25) is 0 Å². The third-order valence-corrected chi connectivity index (χ3v) is 3.89. The Kier molecular flexibility index (Phi) is 4.99. The maximum absolute atomic E-state index is 4.54. The first-order valence-corrected chi connectivity index (χ1v) is 7.88. The van der Waals surface area contributed by atoms with Gasteiger partial charge in [0.05, 0.1) is 0 Å². The Labute approximate surface area is 123 Å². The minimum Gasteiger partial charge on any atom is -0.365 e. The second-order valence-electron chi connectivity index (χ2n) is 4.93. The number of nitrogens with zero attached hydrogens (tertiary/aromatic N) is 2. The molecule has 2 rings (SSSR count). The Morgan fingerprint density at radius 1 is 1.26 bits per heavy atom. The highest BCUT2D eigenvalue weighted by Crippen LogP contribution is 2.35. The number of hydrogen-bond donors (Lipinski definition) is 3. The molecule has 1 aromatic heterocycles. The van der Waals surface area contributed by atoms with Crippen LogP contribution in [0.25, 0.3) is 0 Å². The summed E-state index contributed by atoms with van der Waals surface area (Å²) in [5, 5.41) is 3.57. The van der Waals surface area contributed by atoms with Crippen LogP contribution >= 0.6 is 15.9 Å². The third kappa shape index (κ3) is 3.36. The van der Waals surface area contributed by atoms with Gasteiger partial charge in [-0.25, -0.2) is 15.4 Å². The molecule has 19 heavy (non-hydrogen) atoms. The molecule has 0 saturated heterocycles. The van der Waals surface area contributed by atoms with Gasteiger partial charge in [-0.1, -0.05) is 42.6 Å². The van der Waals surface area contributed by atoms with Crippen molar-refractivity contribution in [2.75, 3.05) is 10.7 Å². The molecular formula is C13H22BrN5. The highest BCUT2D eigenvalue weighted by molar-refractivity contribution is 9.09. The van der Waals surface area contributed by atoms with Gasteiger partial charge in [-0.05, 0) is 19.8 Å². The van der Waals surface area contributed by atoms with Crippen molar-refractivity contribution in [2.24, 2.45) is 0 Å². The van der Waals surface area contributed by atoms with Crippen LogP contribution < -0.4 is 16.2 Å². The molecule has 5 nitrogen and oxygen atoms in total. The van der Waals surface area contributed by atoms with Gasteiger partial charge in [0, 0.05) is 6.04 Å². The molecule has 1 aliphatic rings. The summed E-state index contributed by atoms with van der Waals surface area (Å²) in [6, 6.07) is 0.476. The second kappa shape index (κ2) is 6.52. The molecule has 0 amide bonds. The zero-order chi connectivity index (χ0) is 13.8. The van der Waals surface area contributed by atoms with Crippen LogP contribution in [-0.2, 0) is 0 Å². The van der Waals surface area contributed by atoms with Gasteiger partial charge in [0.15, 0.2) is 5.82 Å². The fraction of sp³-hybridized carbons (Fsp3) is 0.692. The summed E-state index contributed by atoms with van der Waals surface area (Å²) < 4.78 is 0. The molecule has 0 bridgehead atoms. The summed E-state index contributed by atoms with van der Waals surface area (Å²) >= 11 is 3.54. The van der Waals surface area contributed by atoms with E-state index in [-0.39, 0.29) is 4.95 Å². The molecule has 106 valence electrons.